The molecule has 1 amide bonds. The van der Waals surface area contributed by atoms with Crippen LogP contribution < -0.4 is 14.8 Å². The molecule has 2 aliphatic rings. The van der Waals surface area contributed by atoms with Gasteiger partial charge in [-0.1, -0.05) is 48.5 Å². The van der Waals surface area contributed by atoms with Gasteiger partial charge < -0.3 is 34.5 Å². The minimum atomic E-state index is -0.903. The maximum Gasteiger partial charge on any atom is 0.303 e. The molecule has 2 aliphatic heterocycles. The maximum atomic E-state index is 12.1. The SMILES string of the molecule is COc1cc2c(cc1OC)CN(CC1CC(c3ccc(CO)cc3)OC(c3ccc(CNC(=O)CCCC(=O)O)cc3)O1)CC2. The molecular formula is C35H42N2O8. The van der Waals surface area contributed by atoms with Crippen molar-refractivity contribution >= 4 is 11.9 Å². The number of hydrogen-bond acceptors (Lipinski definition) is 8. The number of carbonyl (C=O) groups is 2. The molecule has 0 bridgehead atoms. The Morgan fingerprint density at radius 2 is 1.58 bits per heavy atom. The van der Waals surface area contributed by atoms with Crippen LogP contribution in [0.4, 0.5) is 0 Å². The van der Waals surface area contributed by atoms with Crippen molar-refractivity contribution in [2.24, 2.45) is 0 Å². The molecule has 10 nitrogen and oxygen atoms in total. The quantitative estimate of drug-likeness (QED) is 0.251. The highest BCUT2D eigenvalue weighted by atomic mass is 16.7. The topological polar surface area (TPSA) is 127 Å². The monoisotopic (exact) mass is 618 g/mol. The Hall–Kier alpha value is -3.96. The van der Waals surface area contributed by atoms with E-state index in [1.807, 2.05) is 48.5 Å². The number of amides is 1. The molecule has 0 spiro atoms. The Morgan fingerprint density at radius 1 is 0.911 bits per heavy atom. The number of benzene rings is 3. The van der Waals surface area contributed by atoms with Crippen LogP contribution in [0.15, 0.2) is 60.7 Å². The van der Waals surface area contributed by atoms with Gasteiger partial charge in [-0.2, -0.15) is 0 Å². The number of fused-ring (bicyclic) bond motifs is 1. The number of carboxylic acids is 1. The van der Waals surface area contributed by atoms with Crippen LogP contribution in [-0.4, -0.2) is 60.4 Å². The lowest BCUT2D eigenvalue weighted by Crippen LogP contribution is -2.41. The summed E-state index contributed by atoms with van der Waals surface area (Å²) < 4.78 is 24.1. The average Bonchev–Trinajstić information content (AvgIpc) is 3.06. The van der Waals surface area contributed by atoms with Gasteiger partial charge in [0.05, 0.1) is 33.0 Å². The fourth-order valence-electron chi connectivity index (χ4n) is 5.90. The lowest BCUT2D eigenvalue weighted by molar-refractivity contribution is -0.253. The first kappa shape index (κ1) is 32.4. The molecule has 3 N–H and O–H groups in total. The summed E-state index contributed by atoms with van der Waals surface area (Å²) in [4.78, 5) is 25.2. The molecule has 0 saturated carbocycles. The van der Waals surface area contributed by atoms with Crippen LogP contribution in [0.25, 0.3) is 0 Å². The van der Waals surface area contributed by atoms with Gasteiger partial charge in [-0.05, 0) is 52.8 Å². The van der Waals surface area contributed by atoms with Gasteiger partial charge in [0.25, 0.3) is 0 Å². The van der Waals surface area contributed by atoms with E-state index in [1.165, 1.54) is 11.1 Å². The highest BCUT2D eigenvalue weighted by Gasteiger charge is 2.34. The molecule has 3 aromatic carbocycles. The van der Waals surface area contributed by atoms with Crippen LogP contribution in [0.3, 0.4) is 0 Å². The highest BCUT2D eigenvalue weighted by Crippen LogP contribution is 2.39. The number of carbonyl (C=O) groups excluding carboxylic acids is 1. The van der Waals surface area contributed by atoms with Gasteiger partial charge in [-0.25, -0.2) is 0 Å². The van der Waals surface area contributed by atoms with Crippen LogP contribution in [0, 0.1) is 0 Å². The fourth-order valence-corrected chi connectivity index (χ4v) is 5.90. The van der Waals surface area contributed by atoms with E-state index in [0.29, 0.717) is 19.4 Å². The predicted octanol–water partition coefficient (Wildman–Crippen LogP) is 4.67. The first-order valence-electron chi connectivity index (χ1n) is 15.4. The summed E-state index contributed by atoms with van der Waals surface area (Å²) in [6.45, 7) is 2.77. The third kappa shape index (κ3) is 8.61. The van der Waals surface area contributed by atoms with Crippen molar-refractivity contribution in [1.82, 2.24) is 10.2 Å². The maximum absolute atomic E-state index is 12.1. The fraction of sp³-hybridized carbons (Fsp3) is 0.429. The number of hydrogen-bond donors (Lipinski definition) is 3. The number of rotatable bonds is 13. The zero-order valence-corrected chi connectivity index (χ0v) is 25.9. The minimum Gasteiger partial charge on any atom is -0.493 e. The predicted molar refractivity (Wildman–Crippen MR) is 167 cm³/mol. The van der Waals surface area contributed by atoms with E-state index in [2.05, 4.69) is 22.3 Å². The summed E-state index contributed by atoms with van der Waals surface area (Å²) in [5.74, 6) is 0.405. The van der Waals surface area contributed by atoms with E-state index >= 15 is 0 Å². The van der Waals surface area contributed by atoms with E-state index in [0.717, 1.165) is 59.8 Å². The molecule has 5 rings (SSSR count). The Morgan fingerprint density at radius 3 is 2.24 bits per heavy atom. The number of methoxy groups -OCH3 is 2. The van der Waals surface area contributed by atoms with Crippen molar-refractivity contribution in [1.29, 1.82) is 0 Å². The molecule has 0 aliphatic carbocycles. The van der Waals surface area contributed by atoms with Crippen LogP contribution in [-0.2, 0) is 45.2 Å². The molecule has 45 heavy (non-hydrogen) atoms. The van der Waals surface area contributed by atoms with Crippen LogP contribution >= 0.6 is 0 Å². The number of carboxylic acid groups (broad SMARTS) is 1. The van der Waals surface area contributed by atoms with E-state index in [-0.39, 0.29) is 37.6 Å². The van der Waals surface area contributed by atoms with Crippen molar-refractivity contribution in [3.05, 3.63) is 94.0 Å². The number of aliphatic hydroxyl groups is 1. The molecule has 0 aromatic heterocycles. The van der Waals surface area contributed by atoms with Crippen molar-refractivity contribution in [3.63, 3.8) is 0 Å². The average molecular weight is 619 g/mol. The van der Waals surface area contributed by atoms with Crippen LogP contribution in [0.5, 0.6) is 11.5 Å². The zero-order valence-electron chi connectivity index (χ0n) is 25.9. The van der Waals surface area contributed by atoms with Gasteiger partial charge in [0.2, 0.25) is 5.91 Å². The molecular weight excluding hydrogens is 576 g/mol. The molecule has 240 valence electrons. The number of ether oxygens (including phenoxy) is 4. The zero-order chi connectivity index (χ0) is 31.8. The summed E-state index contributed by atoms with van der Waals surface area (Å²) in [5, 5.41) is 21.1. The van der Waals surface area contributed by atoms with Crippen molar-refractivity contribution in [2.45, 2.75) is 70.3 Å². The number of aliphatic carboxylic acids is 1. The first-order valence-corrected chi connectivity index (χ1v) is 15.4. The Balaban J connectivity index is 1.27. The van der Waals surface area contributed by atoms with Crippen LogP contribution in [0.1, 0.15) is 71.5 Å². The Kier molecular flexibility index (Phi) is 11.1. The second-order valence-corrected chi connectivity index (χ2v) is 11.6. The number of nitrogens with one attached hydrogen (secondary N) is 1. The van der Waals surface area contributed by atoms with Gasteiger partial charge in [0.1, 0.15) is 0 Å². The lowest BCUT2D eigenvalue weighted by Gasteiger charge is -2.39. The standard InChI is InChI=1S/C35H42N2O8/c1-42-31-16-27-14-15-37(20-28(27)17-32(31)43-2)21-29-18-30(25-10-8-24(22-38)9-11-25)45-35(44-29)26-12-6-23(7-13-26)19-36-33(39)4-3-5-34(40)41/h6-13,16-17,29-30,35,38H,3-5,14-15,18-22H2,1-2H3,(H,36,39)(H,40,41). The third-order valence-corrected chi connectivity index (χ3v) is 8.41. The van der Waals surface area contributed by atoms with E-state index in [1.54, 1.807) is 14.2 Å². The second-order valence-electron chi connectivity index (χ2n) is 11.6. The van der Waals surface area contributed by atoms with Gasteiger partial charge in [-0.3, -0.25) is 14.5 Å². The lowest BCUT2D eigenvalue weighted by atomic mass is 9.97. The summed E-state index contributed by atoms with van der Waals surface area (Å²) in [6.07, 6.45) is 1.22. The molecule has 10 heteroatoms. The normalized spacial score (nSPS) is 19.8. The molecule has 0 radical (unpaired) electrons. The number of aliphatic hydroxyl groups excluding tert-OH is 1. The Labute approximate surface area is 263 Å². The largest absolute Gasteiger partial charge is 0.493 e. The van der Waals surface area contributed by atoms with Gasteiger partial charge in [0.15, 0.2) is 17.8 Å². The summed E-state index contributed by atoms with van der Waals surface area (Å²) in [7, 11) is 3.31. The summed E-state index contributed by atoms with van der Waals surface area (Å²) >= 11 is 0. The first-order chi connectivity index (χ1) is 21.8. The third-order valence-electron chi connectivity index (χ3n) is 8.41. The van der Waals surface area contributed by atoms with Gasteiger partial charge in [0, 0.05) is 51.0 Å². The molecule has 1 saturated heterocycles. The van der Waals surface area contributed by atoms with Crippen molar-refractivity contribution in [3.8, 4) is 11.5 Å². The molecule has 1 fully saturated rings. The molecule has 3 aromatic rings. The molecule has 3 atom stereocenters. The van der Waals surface area contributed by atoms with E-state index < -0.39 is 12.3 Å². The smallest absolute Gasteiger partial charge is 0.303 e. The molecule has 2 heterocycles. The van der Waals surface area contributed by atoms with Crippen molar-refractivity contribution < 1.29 is 38.7 Å². The minimum absolute atomic E-state index is 0.0115. The number of nitrogens with zero attached hydrogens (tertiary/aromatic N) is 1. The van der Waals surface area contributed by atoms with E-state index in [9.17, 15) is 14.7 Å². The van der Waals surface area contributed by atoms with E-state index in [4.69, 9.17) is 24.1 Å². The Bertz CT molecular complexity index is 1440. The highest BCUT2D eigenvalue weighted by molar-refractivity contribution is 5.76. The van der Waals surface area contributed by atoms with Gasteiger partial charge in [-0.15, -0.1) is 0 Å². The van der Waals surface area contributed by atoms with Crippen molar-refractivity contribution in [2.75, 3.05) is 27.3 Å². The molecule has 3 unspecified atom stereocenters. The second kappa shape index (κ2) is 15.4. The summed E-state index contributed by atoms with van der Waals surface area (Å²) in [5.41, 5.74) is 6.19. The summed E-state index contributed by atoms with van der Waals surface area (Å²) in [6, 6.07) is 19.8. The van der Waals surface area contributed by atoms with Crippen LogP contribution in [0.2, 0.25) is 0 Å². The van der Waals surface area contributed by atoms with Gasteiger partial charge >= 0.3 is 5.97 Å².